The van der Waals surface area contributed by atoms with Gasteiger partial charge in [0.05, 0.1) is 19.4 Å². The first-order valence-corrected chi connectivity index (χ1v) is 4.18. The first kappa shape index (κ1) is 10.4. The van der Waals surface area contributed by atoms with E-state index >= 15 is 0 Å². The molecule has 0 unspecified atom stereocenters. The fourth-order valence-electron chi connectivity index (χ4n) is 0.893. The third-order valence-corrected chi connectivity index (χ3v) is 1.54. The van der Waals surface area contributed by atoms with Crippen LogP contribution >= 0.6 is 0 Å². The van der Waals surface area contributed by atoms with Gasteiger partial charge in [-0.3, -0.25) is 0 Å². The molecule has 0 saturated heterocycles. The second kappa shape index (κ2) is 5.10. The van der Waals surface area contributed by atoms with Crippen molar-refractivity contribution < 1.29 is 9.84 Å². The molecule has 1 heterocycles. The maximum absolute atomic E-state index is 8.52. The maximum Gasteiger partial charge on any atom is 0.238 e. The maximum atomic E-state index is 8.52. The molecule has 0 aliphatic rings. The molecule has 0 saturated carbocycles. The smallest absolute Gasteiger partial charge is 0.238 e. The first-order valence-electron chi connectivity index (χ1n) is 4.18. The quantitative estimate of drug-likeness (QED) is 0.666. The molecule has 0 bridgehead atoms. The average Bonchev–Trinajstić information content (AvgIpc) is 2.21. The van der Waals surface area contributed by atoms with Crippen LogP contribution in [0.3, 0.4) is 0 Å². The molecule has 4 heteroatoms. The van der Waals surface area contributed by atoms with Gasteiger partial charge in [-0.25, -0.2) is 4.98 Å². The average molecular weight is 192 g/mol. The molecule has 0 atom stereocenters. The highest BCUT2D eigenvalue weighted by atomic mass is 16.5. The summed E-state index contributed by atoms with van der Waals surface area (Å²) in [4.78, 5) is 4.06. The fraction of sp³-hybridized carbons (Fsp3) is 0.300. The van der Waals surface area contributed by atoms with Crippen molar-refractivity contribution in [3.63, 3.8) is 0 Å². The normalized spacial score (nSPS) is 9.00. The molecule has 0 aliphatic heterocycles. The highest BCUT2D eigenvalue weighted by Gasteiger charge is 1.99. The number of aliphatic hydroxyl groups is 1. The topological polar surface area (TPSA) is 68.4 Å². The first-order chi connectivity index (χ1) is 6.77. The summed E-state index contributed by atoms with van der Waals surface area (Å²) in [6.07, 6.45) is 0.439. The molecule has 1 aromatic heterocycles. The molecular weight excluding hydrogens is 180 g/mol. The molecule has 74 valence electrons. The lowest BCUT2D eigenvalue weighted by Crippen LogP contribution is -1.96. The van der Waals surface area contributed by atoms with Crippen LogP contribution in [0, 0.1) is 11.8 Å². The highest BCUT2D eigenvalue weighted by molar-refractivity contribution is 5.50. The number of anilines is 1. The van der Waals surface area contributed by atoms with E-state index in [1.54, 1.807) is 12.1 Å². The van der Waals surface area contributed by atoms with Crippen LogP contribution in [0.1, 0.15) is 12.1 Å². The van der Waals surface area contributed by atoms with E-state index in [0.29, 0.717) is 23.7 Å². The Morgan fingerprint density at radius 1 is 1.57 bits per heavy atom. The number of nitrogens with two attached hydrogens (primary N) is 1. The van der Waals surface area contributed by atoms with E-state index in [4.69, 9.17) is 15.6 Å². The van der Waals surface area contributed by atoms with Crippen LogP contribution in [0.5, 0.6) is 5.88 Å². The number of hydrogen-bond acceptors (Lipinski definition) is 4. The molecule has 0 spiro atoms. The van der Waals surface area contributed by atoms with E-state index in [1.165, 1.54) is 7.11 Å². The van der Waals surface area contributed by atoms with Crippen LogP contribution in [0.4, 0.5) is 5.69 Å². The monoisotopic (exact) mass is 192 g/mol. The van der Waals surface area contributed by atoms with Crippen LogP contribution < -0.4 is 10.5 Å². The molecule has 1 aromatic rings. The molecule has 0 fully saturated rings. The van der Waals surface area contributed by atoms with Gasteiger partial charge >= 0.3 is 0 Å². The van der Waals surface area contributed by atoms with Gasteiger partial charge in [0.1, 0.15) is 5.69 Å². The van der Waals surface area contributed by atoms with E-state index in [0.717, 1.165) is 0 Å². The van der Waals surface area contributed by atoms with Gasteiger partial charge in [-0.1, -0.05) is 5.92 Å². The summed E-state index contributed by atoms with van der Waals surface area (Å²) in [6, 6.07) is 3.40. The van der Waals surface area contributed by atoms with Crippen molar-refractivity contribution in [2.75, 3.05) is 19.5 Å². The number of ether oxygens (including phenoxy) is 1. The molecule has 0 aromatic carbocycles. The lowest BCUT2D eigenvalue weighted by Gasteiger charge is -2.01. The number of pyridine rings is 1. The van der Waals surface area contributed by atoms with E-state index in [1.807, 2.05) is 0 Å². The van der Waals surface area contributed by atoms with Crippen LogP contribution in [-0.2, 0) is 0 Å². The Bertz CT molecular complexity index is 366. The minimum absolute atomic E-state index is 0.0547. The minimum Gasteiger partial charge on any atom is -0.479 e. The number of nitrogen functional groups attached to an aromatic ring is 1. The summed E-state index contributed by atoms with van der Waals surface area (Å²) in [7, 11) is 1.50. The predicted molar refractivity (Wildman–Crippen MR) is 53.8 cm³/mol. The summed E-state index contributed by atoms with van der Waals surface area (Å²) in [5.74, 6) is 5.93. The van der Waals surface area contributed by atoms with Crippen molar-refractivity contribution in [3.8, 4) is 17.7 Å². The van der Waals surface area contributed by atoms with Crippen molar-refractivity contribution in [1.82, 2.24) is 4.98 Å². The highest BCUT2D eigenvalue weighted by Crippen LogP contribution is 2.16. The number of methoxy groups -OCH3 is 1. The van der Waals surface area contributed by atoms with Crippen molar-refractivity contribution in [2.45, 2.75) is 6.42 Å². The fourth-order valence-corrected chi connectivity index (χ4v) is 0.893. The third kappa shape index (κ3) is 2.64. The van der Waals surface area contributed by atoms with Gasteiger partial charge < -0.3 is 15.6 Å². The van der Waals surface area contributed by atoms with Gasteiger partial charge in [0.15, 0.2) is 0 Å². The molecule has 3 N–H and O–H groups in total. The largest absolute Gasteiger partial charge is 0.479 e. The Morgan fingerprint density at radius 3 is 3.00 bits per heavy atom. The number of aromatic nitrogens is 1. The van der Waals surface area contributed by atoms with Gasteiger partial charge in [0.25, 0.3) is 0 Å². The van der Waals surface area contributed by atoms with E-state index < -0.39 is 0 Å². The zero-order valence-corrected chi connectivity index (χ0v) is 7.95. The summed E-state index contributed by atoms with van der Waals surface area (Å²) >= 11 is 0. The Kier molecular flexibility index (Phi) is 3.77. The summed E-state index contributed by atoms with van der Waals surface area (Å²) in [6.45, 7) is 0.0547. The van der Waals surface area contributed by atoms with Crippen molar-refractivity contribution in [3.05, 3.63) is 17.8 Å². The van der Waals surface area contributed by atoms with Crippen molar-refractivity contribution in [1.29, 1.82) is 0 Å². The van der Waals surface area contributed by atoms with Crippen LogP contribution in [0.25, 0.3) is 0 Å². The van der Waals surface area contributed by atoms with Crippen LogP contribution in [-0.4, -0.2) is 23.8 Å². The Labute approximate surface area is 82.7 Å². The molecule has 1 rings (SSSR count). The predicted octanol–water partition coefficient (Wildman–Crippen LogP) is 0.406. The number of hydrogen-bond donors (Lipinski definition) is 2. The molecule has 14 heavy (non-hydrogen) atoms. The number of nitrogens with zero attached hydrogens (tertiary/aromatic N) is 1. The molecule has 0 aliphatic carbocycles. The van der Waals surface area contributed by atoms with Crippen LogP contribution in [0.2, 0.25) is 0 Å². The molecule has 0 amide bonds. The van der Waals surface area contributed by atoms with E-state index in [2.05, 4.69) is 16.8 Å². The van der Waals surface area contributed by atoms with Gasteiger partial charge in [0, 0.05) is 6.42 Å². The summed E-state index contributed by atoms with van der Waals surface area (Å²) in [5, 5.41) is 8.52. The van der Waals surface area contributed by atoms with Gasteiger partial charge in [-0.15, -0.1) is 0 Å². The van der Waals surface area contributed by atoms with Gasteiger partial charge in [0.2, 0.25) is 5.88 Å². The third-order valence-electron chi connectivity index (χ3n) is 1.54. The summed E-state index contributed by atoms with van der Waals surface area (Å²) < 4.78 is 4.94. The standard InChI is InChI=1S/C10H12N2O2/c1-14-10-9(11)6-5-8(12-10)4-2-3-7-13/h5-6,13H,3,7,11H2,1H3. The molecule has 0 radical (unpaired) electrons. The Hall–Kier alpha value is -1.73. The van der Waals surface area contributed by atoms with E-state index in [9.17, 15) is 0 Å². The minimum atomic E-state index is 0.0547. The second-order valence-corrected chi connectivity index (χ2v) is 2.57. The lowest BCUT2D eigenvalue weighted by atomic mass is 10.3. The number of aliphatic hydroxyl groups excluding tert-OH is 1. The van der Waals surface area contributed by atoms with Crippen molar-refractivity contribution in [2.24, 2.45) is 0 Å². The molecule has 4 nitrogen and oxygen atoms in total. The Balaban J connectivity index is 2.86. The van der Waals surface area contributed by atoms with Crippen molar-refractivity contribution >= 4 is 5.69 Å². The lowest BCUT2D eigenvalue weighted by molar-refractivity contribution is 0.305. The summed E-state index contributed by atoms with van der Waals surface area (Å²) in [5.41, 5.74) is 6.65. The van der Waals surface area contributed by atoms with E-state index in [-0.39, 0.29) is 6.61 Å². The molecular formula is C10H12N2O2. The second-order valence-electron chi connectivity index (χ2n) is 2.57. The zero-order valence-electron chi connectivity index (χ0n) is 7.95. The van der Waals surface area contributed by atoms with Gasteiger partial charge in [-0.2, -0.15) is 0 Å². The Morgan fingerprint density at radius 2 is 2.36 bits per heavy atom. The zero-order chi connectivity index (χ0) is 10.4. The number of rotatable bonds is 2. The van der Waals surface area contributed by atoms with Gasteiger partial charge in [-0.05, 0) is 18.1 Å². The van der Waals surface area contributed by atoms with Crippen LogP contribution in [0.15, 0.2) is 12.1 Å². The SMILES string of the molecule is COc1nc(C#CCCO)ccc1N.